The van der Waals surface area contributed by atoms with Gasteiger partial charge in [-0.3, -0.25) is 9.59 Å². The maximum absolute atomic E-state index is 12.2. The van der Waals surface area contributed by atoms with Crippen molar-refractivity contribution in [2.24, 2.45) is 5.10 Å². The van der Waals surface area contributed by atoms with Crippen molar-refractivity contribution in [2.75, 3.05) is 40.0 Å². The first-order valence-electron chi connectivity index (χ1n) is 9.32. The number of benzene rings is 2. The summed E-state index contributed by atoms with van der Waals surface area (Å²) in [5, 5.41) is 3.98. The number of nitrogens with zero attached hydrogens (tertiary/aromatic N) is 2. The minimum atomic E-state index is -0.342. The Balaban J connectivity index is 1.52. The second-order valence-electron chi connectivity index (χ2n) is 6.40. The number of hydrogen-bond acceptors (Lipinski definition) is 6. The Hall–Kier alpha value is -2.91. The van der Waals surface area contributed by atoms with Gasteiger partial charge in [0.25, 0.3) is 11.8 Å². The number of ether oxygens (including phenoxy) is 3. The first kappa shape index (κ1) is 21.8. The van der Waals surface area contributed by atoms with E-state index in [1.165, 1.54) is 6.21 Å². The van der Waals surface area contributed by atoms with E-state index in [2.05, 4.69) is 26.5 Å². The smallest absolute Gasteiger partial charge is 0.271 e. The molecule has 9 heteroatoms. The van der Waals surface area contributed by atoms with Crippen molar-refractivity contribution < 1.29 is 23.8 Å². The number of hydrazone groups is 1. The molecule has 2 aromatic carbocycles. The van der Waals surface area contributed by atoms with Crippen molar-refractivity contribution in [1.29, 1.82) is 0 Å². The van der Waals surface area contributed by atoms with Crippen molar-refractivity contribution in [3.63, 3.8) is 0 Å². The summed E-state index contributed by atoms with van der Waals surface area (Å²) in [4.78, 5) is 26.0. The van der Waals surface area contributed by atoms with E-state index < -0.39 is 0 Å². The molecular formula is C21H22BrN3O5. The average molecular weight is 476 g/mol. The van der Waals surface area contributed by atoms with E-state index in [9.17, 15) is 9.59 Å². The summed E-state index contributed by atoms with van der Waals surface area (Å²) in [6, 6.07) is 12.1. The third-order valence-electron chi connectivity index (χ3n) is 4.38. The third-order valence-corrected chi connectivity index (χ3v) is 5.00. The Kier molecular flexibility index (Phi) is 7.81. The number of rotatable bonds is 7. The van der Waals surface area contributed by atoms with Crippen LogP contribution in [0.2, 0.25) is 0 Å². The van der Waals surface area contributed by atoms with Crippen LogP contribution in [0.15, 0.2) is 52.0 Å². The van der Waals surface area contributed by atoms with Gasteiger partial charge in [-0.25, -0.2) is 5.43 Å². The SMILES string of the molecule is COc1cccc(C(=O)N/N=C\c2ccc(OCC(=O)N3CCOCC3)c(Br)c2)c1. The van der Waals surface area contributed by atoms with E-state index in [1.54, 1.807) is 54.5 Å². The standard InChI is InChI=1S/C21H22BrN3O5/c1-28-17-4-2-3-16(12-17)21(27)24-23-13-15-5-6-19(18(22)11-15)30-14-20(26)25-7-9-29-10-8-25/h2-6,11-13H,7-10,14H2,1H3,(H,24,27)/b23-13-. The van der Waals surface area contributed by atoms with Crippen LogP contribution < -0.4 is 14.9 Å². The highest BCUT2D eigenvalue weighted by molar-refractivity contribution is 9.10. The van der Waals surface area contributed by atoms with Crippen LogP contribution in [0, 0.1) is 0 Å². The van der Waals surface area contributed by atoms with Crippen LogP contribution in [-0.4, -0.2) is 62.9 Å². The van der Waals surface area contributed by atoms with Gasteiger partial charge in [0.15, 0.2) is 6.61 Å². The lowest BCUT2D eigenvalue weighted by Gasteiger charge is -2.26. The van der Waals surface area contributed by atoms with Crippen molar-refractivity contribution in [3.8, 4) is 11.5 Å². The fourth-order valence-electron chi connectivity index (χ4n) is 2.75. The van der Waals surface area contributed by atoms with E-state index in [0.717, 1.165) is 5.56 Å². The number of nitrogens with one attached hydrogen (secondary N) is 1. The normalized spacial score (nSPS) is 13.9. The second-order valence-corrected chi connectivity index (χ2v) is 7.26. The molecule has 8 nitrogen and oxygen atoms in total. The molecule has 1 aliphatic rings. The fourth-order valence-corrected chi connectivity index (χ4v) is 3.26. The minimum absolute atomic E-state index is 0.0391. The topological polar surface area (TPSA) is 89.5 Å². The molecule has 30 heavy (non-hydrogen) atoms. The molecule has 0 radical (unpaired) electrons. The largest absolute Gasteiger partial charge is 0.497 e. The first-order chi connectivity index (χ1) is 14.6. The molecule has 0 saturated carbocycles. The number of hydrogen-bond donors (Lipinski definition) is 1. The van der Waals surface area contributed by atoms with Gasteiger partial charge in [-0.15, -0.1) is 0 Å². The van der Waals surface area contributed by atoms with E-state index in [-0.39, 0.29) is 18.4 Å². The Morgan fingerprint density at radius 1 is 1.23 bits per heavy atom. The van der Waals surface area contributed by atoms with E-state index in [1.807, 2.05) is 0 Å². The molecule has 0 spiro atoms. The van der Waals surface area contributed by atoms with E-state index >= 15 is 0 Å². The number of carbonyl (C=O) groups excluding carboxylic acids is 2. The monoisotopic (exact) mass is 475 g/mol. The van der Waals surface area contributed by atoms with Crippen LogP contribution in [0.1, 0.15) is 15.9 Å². The molecule has 158 valence electrons. The molecule has 2 amide bonds. The number of amides is 2. The van der Waals surface area contributed by atoms with Gasteiger partial charge in [0, 0.05) is 18.7 Å². The molecule has 1 heterocycles. The maximum atomic E-state index is 12.2. The van der Waals surface area contributed by atoms with Gasteiger partial charge in [0.1, 0.15) is 11.5 Å². The maximum Gasteiger partial charge on any atom is 0.271 e. The zero-order valence-corrected chi connectivity index (χ0v) is 18.1. The van der Waals surface area contributed by atoms with Crippen LogP contribution in [0.5, 0.6) is 11.5 Å². The predicted octanol–water partition coefficient (Wildman–Crippen LogP) is 2.46. The van der Waals surface area contributed by atoms with Gasteiger partial charge in [0.05, 0.1) is 31.0 Å². The molecule has 0 aliphatic carbocycles. The van der Waals surface area contributed by atoms with Gasteiger partial charge in [0.2, 0.25) is 0 Å². The number of carbonyl (C=O) groups is 2. The molecule has 1 saturated heterocycles. The summed E-state index contributed by atoms with van der Waals surface area (Å²) in [5.74, 6) is 0.731. The van der Waals surface area contributed by atoms with Crippen LogP contribution >= 0.6 is 15.9 Å². The molecule has 0 bridgehead atoms. The lowest BCUT2D eigenvalue weighted by Crippen LogP contribution is -2.43. The second kappa shape index (κ2) is 10.7. The zero-order chi connectivity index (χ0) is 21.3. The van der Waals surface area contributed by atoms with Gasteiger partial charge in [-0.05, 0) is 57.9 Å². The van der Waals surface area contributed by atoms with Crippen LogP contribution in [0.25, 0.3) is 0 Å². The highest BCUT2D eigenvalue weighted by Crippen LogP contribution is 2.25. The number of morpholine rings is 1. The van der Waals surface area contributed by atoms with Crippen molar-refractivity contribution >= 4 is 34.0 Å². The van der Waals surface area contributed by atoms with Crippen molar-refractivity contribution in [3.05, 3.63) is 58.1 Å². The van der Waals surface area contributed by atoms with Gasteiger partial charge in [-0.2, -0.15) is 5.10 Å². The quantitative estimate of drug-likeness (QED) is 0.490. The number of methoxy groups -OCH3 is 1. The molecule has 0 unspecified atom stereocenters. The van der Waals surface area contributed by atoms with Gasteiger partial charge < -0.3 is 19.1 Å². The average Bonchev–Trinajstić information content (AvgIpc) is 2.78. The van der Waals surface area contributed by atoms with Crippen molar-refractivity contribution in [2.45, 2.75) is 0 Å². The Bertz CT molecular complexity index is 929. The fraction of sp³-hybridized carbons (Fsp3) is 0.286. The summed E-state index contributed by atoms with van der Waals surface area (Å²) in [5.41, 5.74) is 3.67. The van der Waals surface area contributed by atoms with E-state index in [0.29, 0.717) is 47.8 Å². The highest BCUT2D eigenvalue weighted by Gasteiger charge is 2.17. The van der Waals surface area contributed by atoms with Crippen LogP contribution in [0.3, 0.4) is 0 Å². The molecule has 1 N–H and O–H groups in total. The van der Waals surface area contributed by atoms with Crippen molar-refractivity contribution in [1.82, 2.24) is 10.3 Å². The molecule has 3 rings (SSSR count). The number of halogens is 1. The summed E-state index contributed by atoms with van der Waals surface area (Å²) in [6.45, 7) is 2.23. The Morgan fingerprint density at radius 2 is 2.03 bits per heavy atom. The lowest BCUT2D eigenvalue weighted by molar-refractivity contribution is -0.137. The Labute approximate surface area is 182 Å². The van der Waals surface area contributed by atoms with Crippen LogP contribution in [-0.2, 0) is 9.53 Å². The Morgan fingerprint density at radius 3 is 2.77 bits per heavy atom. The van der Waals surface area contributed by atoms with Gasteiger partial charge in [-0.1, -0.05) is 6.07 Å². The first-order valence-corrected chi connectivity index (χ1v) is 10.1. The highest BCUT2D eigenvalue weighted by atomic mass is 79.9. The molecular weight excluding hydrogens is 454 g/mol. The third kappa shape index (κ3) is 6.04. The molecule has 0 aromatic heterocycles. The van der Waals surface area contributed by atoms with E-state index in [4.69, 9.17) is 14.2 Å². The summed E-state index contributed by atoms with van der Waals surface area (Å²) in [7, 11) is 1.54. The molecule has 1 aliphatic heterocycles. The predicted molar refractivity (Wildman–Crippen MR) is 115 cm³/mol. The lowest BCUT2D eigenvalue weighted by atomic mass is 10.2. The zero-order valence-electron chi connectivity index (χ0n) is 16.5. The van der Waals surface area contributed by atoms with Crippen LogP contribution in [0.4, 0.5) is 0 Å². The molecule has 0 atom stereocenters. The summed E-state index contributed by atoms with van der Waals surface area (Å²) >= 11 is 3.43. The summed E-state index contributed by atoms with van der Waals surface area (Å²) in [6.07, 6.45) is 1.52. The van der Waals surface area contributed by atoms with Gasteiger partial charge >= 0.3 is 0 Å². The molecule has 1 fully saturated rings. The summed E-state index contributed by atoms with van der Waals surface area (Å²) < 4.78 is 16.7. The molecule has 2 aromatic rings. The minimum Gasteiger partial charge on any atom is -0.497 e.